The molecule has 2 nitrogen and oxygen atoms in total. The van der Waals surface area contributed by atoms with Crippen LogP contribution >= 0.6 is 27.5 Å². The fraction of sp³-hybridized carbons (Fsp3) is 0.118. The van der Waals surface area contributed by atoms with Crippen molar-refractivity contribution in [2.45, 2.75) is 12.8 Å². The summed E-state index contributed by atoms with van der Waals surface area (Å²) < 4.78 is 7.12. The molecule has 0 bridgehead atoms. The van der Waals surface area contributed by atoms with Crippen molar-refractivity contribution in [2.24, 2.45) is 0 Å². The van der Waals surface area contributed by atoms with Crippen molar-refractivity contribution in [3.63, 3.8) is 0 Å². The molecule has 0 radical (unpaired) electrons. The number of alkyl halides is 1. The van der Waals surface area contributed by atoms with E-state index in [1.54, 1.807) is 0 Å². The first-order chi connectivity index (χ1) is 10.2. The van der Waals surface area contributed by atoms with Gasteiger partial charge in [0.05, 0.1) is 17.1 Å². The number of halogens is 2. The van der Waals surface area contributed by atoms with Crippen molar-refractivity contribution in [1.29, 1.82) is 0 Å². The third kappa shape index (κ3) is 3.04. The second-order valence-electron chi connectivity index (χ2n) is 4.78. The van der Waals surface area contributed by atoms with E-state index < -0.39 is 0 Å². The molecule has 0 spiro atoms. The van der Waals surface area contributed by atoms with Crippen molar-refractivity contribution < 1.29 is 4.74 Å². The summed E-state index contributed by atoms with van der Waals surface area (Å²) in [6.07, 6.45) is 0. The van der Waals surface area contributed by atoms with Crippen LogP contribution in [0.15, 0.2) is 53.0 Å². The van der Waals surface area contributed by atoms with Crippen molar-refractivity contribution in [1.82, 2.24) is 4.98 Å². The molecule has 0 N–H and O–H groups in total. The topological polar surface area (TPSA) is 22.1 Å². The molecule has 0 aliphatic rings. The van der Waals surface area contributed by atoms with Crippen LogP contribution in [0.1, 0.15) is 11.3 Å². The molecule has 1 aromatic heterocycles. The Morgan fingerprint density at radius 2 is 1.95 bits per heavy atom. The van der Waals surface area contributed by atoms with Gasteiger partial charge in [0, 0.05) is 15.9 Å². The van der Waals surface area contributed by atoms with E-state index in [2.05, 4.69) is 20.9 Å². The summed E-state index contributed by atoms with van der Waals surface area (Å²) in [5, 5.41) is 0.979. The van der Waals surface area contributed by atoms with E-state index in [1.807, 2.05) is 55.5 Å². The Labute approximate surface area is 136 Å². The van der Waals surface area contributed by atoms with Crippen LogP contribution in [0.3, 0.4) is 0 Å². The third-order valence-electron chi connectivity index (χ3n) is 3.23. The van der Waals surface area contributed by atoms with E-state index in [0.29, 0.717) is 5.88 Å². The molecule has 1 heterocycles. The van der Waals surface area contributed by atoms with E-state index in [9.17, 15) is 0 Å². The van der Waals surface area contributed by atoms with E-state index in [1.165, 1.54) is 0 Å². The van der Waals surface area contributed by atoms with Crippen LogP contribution in [0.25, 0.3) is 10.9 Å². The van der Waals surface area contributed by atoms with E-state index in [4.69, 9.17) is 16.3 Å². The van der Waals surface area contributed by atoms with Crippen LogP contribution < -0.4 is 4.74 Å². The molecule has 0 atom stereocenters. The van der Waals surface area contributed by atoms with E-state index in [0.717, 1.165) is 38.1 Å². The second kappa shape index (κ2) is 6.04. The number of fused-ring (bicyclic) bond motifs is 1. The maximum absolute atomic E-state index is 6.05. The molecule has 0 saturated carbocycles. The zero-order valence-electron chi connectivity index (χ0n) is 11.4. The summed E-state index contributed by atoms with van der Waals surface area (Å²) >= 11 is 9.42. The van der Waals surface area contributed by atoms with E-state index in [-0.39, 0.29) is 0 Å². The zero-order valence-corrected chi connectivity index (χ0v) is 13.8. The van der Waals surface area contributed by atoms with Crippen LogP contribution in [-0.2, 0) is 5.88 Å². The van der Waals surface area contributed by atoms with E-state index >= 15 is 0 Å². The van der Waals surface area contributed by atoms with Gasteiger partial charge in [0.2, 0.25) is 0 Å². The third-order valence-corrected chi connectivity index (χ3v) is 4.39. The minimum Gasteiger partial charge on any atom is -0.457 e. The van der Waals surface area contributed by atoms with Crippen molar-refractivity contribution >= 4 is 38.4 Å². The lowest BCUT2D eigenvalue weighted by Gasteiger charge is -2.11. The van der Waals surface area contributed by atoms with Crippen molar-refractivity contribution in [3.05, 3.63) is 64.3 Å². The molecule has 0 unspecified atom stereocenters. The summed E-state index contributed by atoms with van der Waals surface area (Å²) in [6, 6.07) is 15.7. The highest BCUT2D eigenvalue weighted by molar-refractivity contribution is 9.10. The Bertz CT molecular complexity index is 804. The molecule has 106 valence electrons. The Kier molecular flexibility index (Phi) is 4.13. The summed E-state index contributed by atoms with van der Waals surface area (Å²) in [5.74, 6) is 1.94. The highest BCUT2D eigenvalue weighted by Crippen LogP contribution is 2.32. The summed E-state index contributed by atoms with van der Waals surface area (Å²) in [7, 11) is 0. The number of hydrogen-bond acceptors (Lipinski definition) is 2. The van der Waals surface area contributed by atoms with Gasteiger partial charge in [-0.2, -0.15) is 0 Å². The molecule has 3 rings (SSSR count). The number of pyridine rings is 1. The Balaban J connectivity index is 2.08. The smallest absolute Gasteiger partial charge is 0.138 e. The molecule has 0 aliphatic heterocycles. The molecule has 3 aromatic rings. The maximum atomic E-state index is 6.05. The quantitative estimate of drug-likeness (QED) is 0.546. The number of benzene rings is 2. The lowest BCUT2D eigenvalue weighted by Crippen LogP contribution is -1.92. The number of ether oxygens (including phenoxy) is 1. The van der Waals surface area contributed by atoms with Gasteiger partial charge in [-0.15, -0.1) is 11.6 Å². The van der Waals surface area contributed by atoms with Gasteiger partial charge in [-0.05, 0) is 42.8 Å². The summed E-state index contributed by atoms with van der Waals surface area (Å²) in [6.45, 7) is 2.03. The van der Waals surface area contributed by atoms with Gasteiger partial charge < -0.3 is 4.74 Å². The van der Waals surface area contributed by atoms with Gasteiger partial charge in [-0.1, -0.05) is 28.1 Å². The molecular weight excluding hydrogens is 350 g/mol. The molecule has 0 aliphatic carbocycles. The molecule has 0 saturated heterocycles. The van der Waals surface area contributed by atoms with Crippen molar-refractivity contribution in [2.75, 3.05) is 0 Å². The maximum Gasteiger partial charge on any atom is 0.138 e. The largest absolute Gasteiger partial charge is 0.457 e. The minimum absolute atomic E-state index is 0.362. The fourth-order valence-electron chi connectivity index (χ4n) is 2.16. The average molecular weight is 363 g/mol. The average Bonchev–Trinajstić information content (AvgIpc) is 2.51. The first-order valence-electron chi connectivity index (χ1n) is 6.56. The molecule has 0 amide bonds. The first kappa shape index (κ1) is 14.4. The number of hydrogen-bond donors (Lipinski definition) is 0. The fourth-order valence-corrected chi connectivity index (χ4v) is 2.54. The predicted octanol–water partition coefficient (Wildman–Crippen LogP) is 5.84. The van der Waals surface area contributed by atoms with Crippen molar-refractivity contribution in [3.8, 4) is 11.5 Å². The van der Waals surface area contributed by atoms with Crippen LogP contribution in [0.2, 0.25) is 0 Å². The number of aromatic nitrogens is 1. The van der Waals surface area contributed by atoms with Crippen LogP contribution in [0.4, 0.5) is 0 Å². The highest BCUT2D eigenvalue weighted by Gasteiger charge is 2.08. The Morgan fingerprint density at radius 3 is 2.71 bits per heavy atom. The lowest BCUT2D eigenvalue weighted by atomic mass is 10.2. The van der Waals surface area contributed by atoms with Gasteiger partial charge in [-0.25, -0.2) is 0 Å². The predicted molar refractivity (Wildman–Crippen MR) is 90.3 cm³/mol. The Hall–Kier alpha value is -1.58. The Morgan fingerprint density at radius 1 is 1.14 bits per heavy atom. The monoisotopic (exact) mass is 361 g/mol. The number of para-hydroxylation sites is 1. The van der Waals surface area contributed by atoms with Crippen LogP contribution in [-0.4, -0.2) is 4.98 Å². The van der Waals surface area contributed by atoms with Crippen LogP contribution in [0, 0.1) is 6.92 Å². The number of aryl methyl sites for hydroxylation is 1. The molecule has 4 heteroatoms. The minimum atomic E-state index is 0.362. The number of nitrogens with zero attached hydrogens (tertiary/aromatic N) is 1. The SMILES string of the molecule is Cc1cc(Oc2cc(CCl)nc3ccccc23)ccc1Br. The molecule has 2 aromatic carbocycles. The standard InChI is InChI=1S/C17H13BrClNO/c1-11-8-13(6-7-15(11)18)21-17-9-12(10-19)20-16-5-3-2-4-14(16)17/h2-9H,10H2,1H3. The normalized spacial score (nSPS) is 10.8. The first-order valence-corrected chi connectivity index (χ1v) is 7.89. The zero-order chi connectivity index (χ0) is 14.8. The molecule has 21 heavy (non-hydrogen) atoms. The van der Waals surface area contributed by atoms with Gasteiger partial charge >= 0.3 is 0 Å². The molecule has 0 fully saturated rings. The molecular formula is C17H13BrClNO. The summed E-state index contributed by atoms with van der Waals surface area (Å²) in [5.41, 5.74) is 2.82. The second-order valence-corrected chi connectivity index (χ2v) is 5.90. The summed E-state index contributed by atoms with van der Waals surface area (Å²) in [4.78, 5) is 4.51. The van der Waals surface area contributed by atoms with Gasteiger partial charge in [-0.3, -0.25) is 4.98 Å². The lowest BCUT2D eigenvalue weighted by molar-refractivity contribution is 0.487. The van der Waals surface area contributed by atoms with Gasteiger partial charge in [0.1, 0.15) is 11.5 Å². The highest BCUT2D eigenvalue weighted by atomic mass is 79.9. The van der Waals surface area contributed by atoms with Gasteiger partial charge in [0.25, 0.3) is 0 Å². The number of rotatable bonds is 3. The van der Waals surface area contributed by atoms with Gasteiger partial charge in [0.15, 0.2) is 0 Å². The van der Waals surface area contributed by atoms with Crippen LogP contribution in [0.5, 0.6) is 11.5 Å².